The van der Waals surface area contributed by atoms with Gasteiger partial charge in [0, 0.05) is 12.2 Å². The fourth-order valence-corrected chi connectivity index (χ4v) is 3.92. The quantitative estimate of drug-likeness (QED) is 0.432. The molecular formula is C23H22N4O2S. The highest BCUT2D eigenvalue weighted by Gasteiger charge is 2.19. The highest BCUT2D eigenvalue weighted by Crippen LogP contribution is 2.30. The Morgan fingerprint density at radius 3 is 2.47 bits per heavy atom. The Morgan fingerprint density at radius 1 is 1.03 bits per heavy atom. The van der Waals surface area contributed by atoms with E-state index in [1.54, 1.807) is 6.26 Å². The molecule has 0 unspecified atom stereocenters. The first-order valence-electron chi connectivity index (χ1n) is 9.71. The van der Waals surface area contributed by atoms with Gasteiger partial charge in [-0.3, -0.25) is 9.36 Å². The van der Waals surface area contributed by atoms with Gasteiger partial charge in [-0.15, -0.1) is 10.2 Å². The number of carbonyl (C=O) groups is 1. The Balaban J connectivity index is 1.46. The number of benzene rings is 2. The predicted octanol–water partition coefficient (Wildman–Crippen LogP) is 4.29. The molecule has 2 heterocycles. The van der Waals surface area contributed by atoms with Gasteiger partial charge >= 0.3 is 0 Å². The van der Waals surface area contributed by atoms with Crippen molar-refractivity contribution in [2.24, 2.45) is 0 Å². The SMILES string of the molecule is Cc1occc1-c1nnc(SCC(=O)NCCc2ccccc2)n1-c1ccccc1. The molecule has 0 spiro atoms. The number of hydrogen-bond donors (Lipinski definition) is 1. The van der Waals surface area contributed by atoms with E-state index >= 15 is 0 Å². The van der Waals surface area contributed by atoms with Crippen LogP contribution in [0.4, 0.5) is 0 Å². The van der Waals surface area contributed by atoms with E-state index in [9.17, 15) is 4.79 Å². The van der Waals surface area contributed by atoms with Crippen molar-refractivity contribution in [1.29, 1.82) is 0 Å². The van der Waals surface area contributed by atoms with E-state index in [-0.39, 0.29) is 11.7 Å². The number of furan rings is 1. The number of carbonyl (C=O) groups excluding carboxylic acids is 1. The van der Waals surface area contributed by atoms with E-state index in [0.717, 1.165) is 23.4 Å². The Labute approximate surface area is 179 Å². The summed E-state index contributed by atoms with van der Waals surface area (Å²) in [5, 5.41) is 12.4. The normalized spacial score (nSPS) is 10.8. The number of hydrogen-bond acceptors (Lipinski definition) is 5. The van der Waals surface area contributed by atoms with Crippen LogP contribution in [0.15, 0.2) is 82.6 Å². The fraction of sp³-hybridized carbons (Fsp3) is 0.174. The third-order valence-electron chi connectivity index (χ3n) is 4.66. The van der Waals surface area contributed by atoms with E-state index in [4.69, 9.17) is 4.42 Å². The van der Waals surface area contributed by atoms with E-state index in [2.05, 4.69) is 27.6 Å². The molecule has 0 bridgehead atoms. The van der Waals surface area contributed by atoms with Crippen LogP contribution < -0.4 is 5.32 Å². The molecule has 0 aliphatic carbocycles. The molecule has 0 saturated heterocycles. The van der Waals surface area contributed by atoms with Crippen LogP contribution in [0.2, 0.25) is 0 Å². The molecular weight excluding hydrogens is 396 g/mol. The summed E-state index contributed by atoms with van der Waals surface area (Å²) < 4.78 is 7.40. The van der Waals surface area contributed by atoms with Crippen molar-refractivity contribution in [3.05, 3.63) is 84.3 Å². The van der Waals surface area contributed by atoms with Gasteiger partial charge in [-0.25, -0.2) is 0 Å². The average molecular weight is 419 g/mol. The Bertz CT molecular complexity index is 1110. The van der Waals surface area contributed by atoms with Crippen LogP contribution in [-0.2, 0) is 11.2 Å². The standard InChI is InChI=1S/C23H22N4O2S/c1-17-20(13-15-29-17)22-25-26-23(27(22)19-10-6-3-7-11-19)30-16-21(28)24-14-12-18-8-4-2-5-9-18/h2-11,13,15H,12,14,16H2,1H3,(H,24,28). The maximum Gasteiger partial charge on any atom is 0.230 e. The zero-order valence-electron chi connectivity index (χ0n) is 16.6. The molecule has 0 aliphatic heterocycles. The summed E-state index contributed by atoms with van der Waals surface area (Å²) in [5.74, 6) is 1.71. The fourth-order valence-electron chi connectivity index (χ4n) is 3.14. The predicted molar refractivity (Wildman–Crippen MR) is 118 cm³/mol. The highest BCUT2D eigenvalue weighted by atomic mass is 32.2. The second-order valence-electron chi connectivity index (χ2n) is 6.74. The van der Waals surface area contributed by atoms with Gasteiger partial charge in [-0.05, 0) is 37.1 Å². The zero-order chi connectivity index (χ0) is 20.8. The molecule has 30 heavy (non-hydrogen) atoms. The highest BCUT2D eigenvalue weighted by molar-refractivity contribution is 7.99. The van der Waals surface area contributed by atoms with Gasteiger partial charge < -0.3 is 9.73 Å². The maximum atomic E-state index is 12.3. The van der Waals surface area contributed by atoms with Crippen molar-refractivity contribution in [1.82, 2.24) is 20.1 Å². The van der Waals surface area contributed by atoms with E-state index in [1.165, 1.54) is 17.3 Å². The number of aromatic nitrogens is 3. The molecule has 6 nitrogen and oxygen atoms in total. The molecule has 1 amide bonds. The lowest BCUT2D eigenvalue weighted by molar-refractivity contribution is -0.118. The molecule has 0 aliphatic rings. The molecule has 1 N–H and O–H groups in total. The van der Waals surface area contributed by atoms with Crippen LogP contribution in [0.5, 0.6) is 0 Å². The molecule has 0 fully saturated rings. The van der Waals surface area contributed by atoms with Gasteiger partial charge in [0.15, 0.2) is 11.0 Å². The second-order valence-corrected chi connectivity index (χ2v) is 7.68. The van der Waals surface area contributed by atoms with E-state index in [0.29, 0.717) is 17.5 Å². The molecule has 0 saturated carbocycles. The van der Waals surface area contributed by atoms with Gasteiger partial charge in [0.05, 0.1) is 17.6 Å². The maximum absolute atomic E-state index is 12.3. The average Bonchev–Trinajstić information content (AvgIpc) is 3.39. The molecule has 4 rings (SSSR count). The number of rotatable bonds is 8. The Kier molecular flexibility index (Phi) is 6.29. The van der Waals surface area contributed by atoms with Crippen molar-refractivity contribution in [2.75, 3.05) is 12.3 Å². The number of amides is 1. The summed E-state index contributed by atoms with van der Waals surface area (Å²) in [4.78, 5) is 12.3. The molecule has 0 radical (unpaired) electrons. The van der Waals surface area contributed by atoms with E-state index in [1.807, 2.05) is 66.1 Å². The first-order valence-corrected chi connectivity index (χ1v) is 10.7. The van der Waals surface area contributed by atoms with Crippen molar-refractivity contribution in [3.8, 4) is 17.1 Å². The van der Waals surface area contributed by atoms with Crippen LogP contribution >= 0.6 is 11.8 Å². The third kappa shape index (κ3) is 4.63. The molecule has 7 heteroatoms. The van der Waals surface area contributed by atoms with Gasteiger partial charge in [0.2, 0.25) is 5.91 Å². The summed E-state index contributed by atoms with van der Waals surface area (Å²) in [6, 6.07) is 21.9. The van der Waals surface area contributed by atoms with Crippen LogP contribution in [-0.4, -0.2) is 33.0 Å². The first-order chi connectivity index (χ1) is 14.7. The lowest BCUT2D eigenvalue weighted by Gasteiger charge is -2.10. The topological polar surface area (TPSA) is 72.9 Å². The summed E-state index contributed by atoms with van der Waals surface area (Å²) in [6.07, 6.45) is 2.45. The smallest absolute Gasteiger partial charge is 0.230 e. The molecule has 0 atom stereocenters. The zero-order valence-corrected chi connectivity index (χ0v) is 17.4. The van der Waals surface area contributed by atoms with E-state index < -0.39 is 0 Å². The van der Waals surface area contributed by atoms with Crippen molar-refractivity contribution in [2.45, 2.75) is 18.5 Å². The van der Waals surface area contributed by atoms with Gasteiger partial charge in [-0.2, -0.15) is 0 Å². The Morgan fingerprint density at radius 2 is 1.77 bits per heavy atom. The first kappa shape index (κ1) is 20.0. The number of thioether (sulfide) groups is 1. The minimum absolute atomic E-state index is 0.0282. The third-order valence-corrected chi connectivity index (χ3v) is 5.59. The summed E-state index contributed by atoms with van der Waals surface area (Å²) in [7, 11) is 0. The number of nitrogens with zero attached hydrogens (tertiary/aromatic N) is 3. The van der Waals surface area contributed by atoms with Crippen LogP contribution in [0.1, 0.15) is 11.3 Å². The monoisotopic (exact) mass is 418 g/mol. The lowest BCUT2D eigenvalue weighted by atomic mass is 10.1. The molecule has 2 aromatic carbocycles. The van der Waals surface area contributed by atoms with Crippen molar-refractivity contribution < 1.29 is 9.21 Å². The Hall–Kier alpha value is -3.32. The summed E-state index contributed by atoms with van der Waals surface area (Å²) in [5.41, 5.74) is 3.02. The number of para-hydroxylation sites is 1. The van der Waals surface area contributed by atoms with Gasteiger partial charge in [0.1, 0.15) is 5.76 Å². The molecule has 152 valence electrons. The minimum atomic E-state index is -0.0282. The van der Waals surface area contributed by atoms with Crippen molar-refractivity contribution in [3.63, 3.8) is 0 Å². The van der Waals surface area contributed by atoms with Gasteiger partial charge in [-0.1, -0.05) is 60.3 Å². The lowest BCUT2D eigenvalue weighted by Crippen LogP contribution is -2.27. The van der Waals surface area contributed by atoms with Crippen LogP contribution in [0.25, 0.3) is 17.1 Å². The summed E-state index contributed by atoms with van der Waals surface area (Å²) in [6.45, 7) is 2.50. The van der Waals surface area contributed by atoms with Gasteiger partial charge in [0.25, 0.3) is 0 Å². The van der Waals surface area contributed by atoms with Crippen LogP contribution in [0, 0.1) is 6.92 Å². The summed E-state index contributed by atoms with van der Waals surface area (Å²) >= 11 is 1.37. The molecule has 4 aromatic rings. The number of nitrogens with one attached hydrogen (secondary N) is 1. The molecule has 2 aromatic heterocycles. The largest absolute Gasteiger partial charge is 0.469 e. The van der Waals surface area contributed by atoms with Crippen LogP contribution in [0.3, 0.4) is 0 Å². The second kappa shape index (κ2) is 9.45. The number of aryl methyl sites for hydroxylation is 1. The minimum Gasteiger partial charge on any atom is -0.469 e. The van der Waals surface area contributed by atoms with Crippen molar-refractivity contribution >= 4 is 17.7 Å².